The number of nitrogens with one attached hydrogen (secondary N) is 2. The molecule has 0 aliphatic heterocycles. The van der Waals surface area contributed by atoms with E-state index in [0.29, 0.717) is 10.1 Å². The van der Waals surface area contributed by atoms with Crippen molar-refractivity contribution in [2.24, 2.45) is 0 Å². The van der Waals surface area contributed by atoms with Gasteiger partial charge in [0, 0.05) is 16.7 Å². The van der Waals surface area contributed by atoms with Crippen LogP contribution in [0.25, 0.3) is 0 Å². The standard InChI is InChI=1S/C13H15BrN4OS/c1-3-6-15-13-18-17-12(20-13)11(19)16-10-7-9(14)5-4-8(10)2/h4-5,7H,3,6H2,1-2H3,(H,15,18)(H,16,19). The molecule has 0 radical (unpaired) electrons. The third-order valence-electron chi connectivity index (χ3n) is 2.59. The molecular formula is C13H15BrN4OS. The van der Waals surface area contributed by atoms with Crippen molar-refractivity contribution in [1.29, 1.82) is 0 Å². The Morgan fingerprint density at radius 1 is 1.40 bits per heavy atom. The van der Waals surface area contributed by atoms with E-state index in [4.69, 9.17) is 0 Å². The Labute approximate surface area is 129 Å². The van der Waals surface area contributed by atoms with Gasteiger partial charge in [0.15, 0.2) is 0 Å². The summed E-state index contributed by atoms with van der Waals surface area (Å²) < 4.78 is 0.918. The average Bonchev–Trinajstić information content (AvgIpc) is 2.89. The molecule has 7 heteroatoms. The van der Waals surface area contributed by atoms with Gasteiger partial charge < -0.3 is 10.6 Å². The second-order valence-corrected chi connectivity index (χ2v) is 6.15. The van der Waals surface area contributed by atoms with Crippen molar-refractivity contribution in [2.45, 2.75) is 20.3 Å². The zero-order chi connectivity index (χ0) is 14.5. The van der Waals surface area contributed by atoms with Gasteiger partial charge in [-0.15, -0.1) is 10.2 Å². The molecule has 20 heavy (non-hydrogen) atoms. The monoisotopic (exact) mass is 354 g/mol. The largest absolute Gasteiger partial charge is 0.360 e. The summed E-state index contributed by atoms with van der Waals surface area (Å²) in [7, 11) is 0. The first-order chi connectivity index (χ1) is 9.60. The smallest absolute Gasteiger partial charge is 0.286 e. The number of aryl methyl sites for hydroxylation is 1. The van der Waals surface area contributed by atoms with Crippen molar-refractivity contribution in [1.82, 2.24) is 10.2 Å². The molecule has 0 spiro atoms. The van der Waals surface area contributed by atoms with Crippen LogP contribution in [0.15, 0.2) is 22.7 Å². The van der Waals surface area contributed by atoms with Crippen molar-refractivity contribution >= 4 is 44.0 Å². The number of carbonyl (C=O) groups is 1. The van der Waals surface area contributed by atoms with Crippen LogP contribution in [0.5, 0.6) is 0 Å². The molecule has 0 bridgehead atoms. The second-order valence-electron chi connectivity index (χ2n) is 4.25. The van der Waals surface area contributed by atoms with Gasteiger partial charge in [-0.1, -0.05) is 40.3 Å². The highest BCUT2D eigenvalue weighted by molar-refractivity contribution is 9.10. The van der Waals surface area contributed by atoms with Crippen molar-refractivity contribution in [3.63, 3.8) is 0 Å². The van der Waals surface area contributed by atoms with Gasteiger partial charge in [0.1, 0.15) is 0 Å². The Kier molecular flexibility index (Phi) is 5.08. The maximum atomic E-state index is 12.1. The van der Waals surface area contributed by atoms with Gasteiger partial charge in [0.25, 0.3) is 5.91 Å². The van der Waals surface area contributed by atoms with Gasteiger partial charge in [-0.2, -0.15) is 0 Å². The number of carbonyl (C=O) groups excluding carboxylic acids is 1. The van der Waals surface area contributed by atoms with Crippen LogP contribution in [0, 0.1) is 6.92 Å². The molecule has 0 atom stereocenters. The number of anilines is 2. The van der Waals surface area contributed by atoms with Crippen LogP contribution >= 0.6 is 27.3 Å². The zero-order valence-electron chi connectivity index (χ0n) is 11.2. The van der Waals surface area contributed by atoms with E-state index in [0.717, 1.165) is 28.7 Å². The van der Waals surface area contributed by atoms with Crippen LogP contribution in [0.4, 0.5) is 10.8 Å². The van der Waals surface area contributed by atoms with Crippen LogP contribution in [0.1, 0.15) is 28.7 Å². The molecule has 2 rings (SSSR count). The number of aromatic nitrogens is 2. The second kappa shape index (κ2) is 6.81. The number of rotatable bonds is 5. The molecule has 0 saturated carbocycles. The molecular weight excluding hydrogens is 340 g/mol. The molecule has 2 aromatic rings. The fraction of sp³-hybridized carbons (Fsp3) is 0.308. The molecule has 1 aromatic carbocycles. The minimum Gasteiger partial charge on any atom is -0.360 e. The summed E-state index contributed by atoms with van der Waals surface area (Å²) in [5.41, 5.74) is 1.76. The van der Waals surface area contributed by atoms with Crippen molar-refractivity contribution < 1.29 is 4.79 Å². The third-order valence-corrected chi connectivity index (χ3v) is 3.97. The van der Waals surface area contributed by atoms with Crippen LogP contribution in [-0.2, 0) is 0 Å². The predicted octanol–water partition coefficient (Wildman–Crippen LogP) is 3.68. The maximum Gasteiger partial charge on any atom is 0.286 e. The summed E-state index contributed by atoms with van der Waals surface area (Å²) >= 11 is 4.64. The summed E-state index contributed by atoms with van der Waals surface area (Å²) in [6, 6.07) is 5.74. The van der Waals surface area contributed by atoms with Gasteiger partial charge in [-0.3, -0.25) is 4.79 Å². The highest BCUT2D eigenvalue weighted by Gasteiger charge is 2.13. The lowest BCUT2D eigenvalue weighted by Crippen LogP contribution is -2.12. The van der Waals surface area contributed by atoms with Crippen LogP contribution in [0.3, 0.4) is 0 Å². The van der Waals surface area contributed by atoms with E-state index in [9.17, 15) is 4.79 Å². The van der Waals surface area contributed by atoms with Crippen LogP contribution in [0.2, 0.25) is 0 Å². The summed E-state index contributed by atoms with van der Waals surface area (Å²) in [5, 5.41) is 14.8. The molecule has 0 unspecified atom stereocenters. The molecule has 1 heterocycles. The van der Waals surface area contributed by atoms with E-state index in [1.54, 1.807) is 0 Å². The third kappa shape index (κ3) is 3.77. The van der Waals surface area contributed by atoms with Crippen LogP contribution in [-0.4, -0.2) is 22.6 Å². The number of hydrogen-bond acceptors (Lipinski definition) is 5. The van der Waals surface area contributed by atoms with Gasteiger partial charge >= 0.3 is 0 Å². The Balaban J connectivity index is 2.08. The molecule has 0 aliphatic rings. The average molecular weight is 355 g/mol. The van der Waals surface area contributed by atoms with E-state index < -0.39 is 0 Å². The fourth-order valence-corrected chi connectivity index (χ4v) is 2.55. The Hall–Kier alpha value is -1.47. The van der Waals surface area contributed by atoms with Gasteiger partial charge in [0.2, 0.25) is 10.1 Å². The summed E-state index contributed by atoms with van der Waals surface area (Å²) in [6.45, 7) is 4.83. The van der Waals surface area contributed by atoms with Gasteiger partial charge in [-0.05, 0) is 31.0 Å². The maximum absolute atomic E-state index is 12.1. The number of hydrogen-bond donors (Lipinski definition) is 2. The minimum absolute atomic E-state index is 0.242. The van der Waals surface area contributed by atoms with E-state index in [-0.39, 0.29) is 5.91 Å². The topological polar surface area (TPSA) is 66.9 Å². The highest BCUT2D eigenvalue weighted by Crippen LogP contribution is 2.22. The normalized spacial score (nSPS) is 10.3. The molecule has 5 nitrogen and oxygen atoms in total. The summed E-state index contributed by atoms with van der Waals surface area (Å²) in [6.07, 6.45) is 0.998. The van der Waals surface area contributed by atoms with E-state index in [1.165, 1.54) is 11.3 Å². The van der Waals surface area contributed by atoms with Crippen molar-refractivity contribution in [2.75, 3.05) is 17.2 Å². The van der Waals surface area contributed by atoms with Crippen molar-refractivity contribution in [3.8, 4) is 0 Å². The molecule has 0 aliphatic carbocycles. The zero-order valence-corrected chi connectivity index (χ0v) is 13.6. The molecule has 1 amide bonds. The molecule has 2 N–H and O–H groups in total. The fourth-order valence-electron chi connectivity index (χ4n) is 1.52. The summed E-state index contributed by atoms with van der Waals surface area (Å²) in [4.78, 5) is 12.1. The lowest BCUT2D eigenvalue weighted by molar-refractivity contribution is 0.102. The highest BCUT2D eigenvalue weighted by atomic mass is 79.9. The Morgan fingerprint density at radius 2 is 2.20 bits per heavy atom. The number of benzene rings is 1. The van der Waals surface area contributed by atoms with Gasteiger partial charge in [-0.25, -0.2) is 0 Å². The first-order valence-electron chi connectivity index (χ1n) is 6.25. The molecule has 1 aromatic heterocycles. The molecule has 106 valence electrons. The number of amides is 1. The summed E-state index contributed by atoms with van der Waals surface area (Å²) in [5.74, 6) is -0.242. The molecule has 0 saturated heterocycles. The minimum atomic E-state index is -0.242. The predicted molar refractivity (Wildman–Crippen MR) is 85.5 cm³/mol. The molecule has 0 fully saturated rings. The number of halogens is 1. The first kappa shape index (κ1) is 14.9. The van der Waals surface area contributed by atoms with E-state index >= 15 is 0 Å². The van der Waals surface area contributed by atoms with Crippen molar-refractivity contribution in [3.05, 3.63) is 33.2 Å². The van der Waals surface area contributed by atoms with E-state index in [2.05, 4.69) is 43.7 Å². The van der Waals surface area contributed by atoms with Gasteiger partial charge in [0.05, 0.1) is 0 Å². The first-order valence-corrected chi connectivity index (χ1v) is 7.86. The Morgan fingerprint density at radius 3 is 2.95 bits per heavy atom. The van der Waals surface area contributed by atoms with E-state index in [1.807, 2.05) is 25.1 Å². The SMILES string of the molecule is CCCNc1nnc(C(=O)Nc2cc(Br)ccc2C)s1. The van der Waals surface area contributed by atoms with Crippen LogP contribution < -0.4 is 10.6 Å². The number of nitrogens with zero attached hydrogens (tertiary/aromatic N) is 2. The lowest BCUT2D eigenvalue weighted by Gasteiger charge is -2.06. The quantitative estimate of drug-likeness (QED) is 0.859. The Bertz CT molecular complexity index is 614. The lowest BCUT2D eigenvalue weighted by atomic mass is 10.2.